The maximum atomic E-state index is 5.71. The van der Waals surface area contributed by atoms with Gasteiger partial charge in [0, 0.05) is 24.3 Å². The molecule has 0 N–H and O–H groups in total. The van der Waals surface area contributed by atoms with Gasteiger partial charge in [0.05, 0.1) is 23.2 Å². The van der Waals surface area contributed by atoms with Gasteiger partial charge in [-0.3, -0.25) is 0 Å². The molecule has 0 atom stereocenters. The molecule has 0 radical (unpaired) electrons. The van der Waals surface area contributed by atoms with Gasteiger partial charge in [-0.15, -0.1) is 0 Å². The zero-order valence-corrected chi connectivity index (χ0v) is 20.3. The normalized spacial score (nSPS) is 13.9. The van der Waals surface area contributed by atoms with E-state index in [-0.39, 0.29) is 0 Å². The summed E-state index contributed by atoms with van der Waals surface area (Å²) in [6.07, 6.45) is 1.68. The lowest BCUT2D eigenvalue weighted by Crippen LogP contribution is -2.22. The Hall–Kier alpha value is -3.93. The SMILES string of the molecule is CCN(CC)c1ccc(N=C2C(c3ccccc3C)=Nc3c(-c4ccco4)c(C)nn32)c(C)c1. The number of furan rings is 1. The van der Waals surface area contributed by atoms with E-state index in [0.717, 1.165) is 69.9 Å². The molecular weight excluding hydrogens is 422 g/mol. The van der Waals surface area contributed by atoms with E-state index in [1.54, 1.807) is 6.26 Å². The minimum Gasteiger partial charge on any atom is -0.464 e. The van der Waals surface area contributed by atoms with Crippen molar-refractivity contribution >= 4 is 28.7 Å². The number of fused-ring (bicyclic) bond motifs is 1. The first kappa shape index (κ1) is 21.9. The van der Waals surface area contributed by atoms with Gasteiger partial charge in [0.2, 0.25) is 0 Å². The molecule has 0 aliphatic carbocycles. The number of benzene rings is 2. The van der Waals surface area contributed by atoms with Gasteiger partial charge in [-0.25, -0.2) is 9.98 Å². The number of hydrogen-bond acceptors (Lipinski definition) is 5. The van der Waals surface area contributed by atoms with Crippen LogP contribution >= 0.6 is 0 Å². The van der Waals surface area contributed by atoms with Crippen molar-refractivity contribution in [2.45, 2.75) is 34.6 Å². The topological polar surface area (TPSA) is 58.9 Å². The predicted octanol–water partition coefficient (Wildman–Crippen LogP) is 6.63. The summed E-state index contributed by atoms with van der Waals surface area (Å²) in [4.78, 5) is 12.5. The lowest BCUT2D eigenvalue weighted by Gasteiger charge is -2.21. The fourth-order valence-electron chi connectivity index (χ4n) is 4.52. The summed E-state index contributed by atoms with van der Waals surface area (Å²) in [5.41, 5.74) is 8.00. The van der Waals surface area contributed by atoms with Crippen LogP contribution in [0.25, 0.3) is 11.3 Å². The van der Waals surface area contributed by atoms with E-state index in [1.807, 2.05) is 35.9 Å². The Labute approximate surface area is 200 Å². The van der Waals surface area contributed by atoms with E-state index >= 15 is 0 Å². The zero-order chi connectivity index (χ0) is 23.8. The second-order valence-corrected chi connectivity index (χ2v) is 8.53. The van der Waals surface area contributed by atoms with Gasteiger partial charge >= 0.3 is 0 Å². The van der Waals surface area contributed by atoms with Crippen LogP contribution in [0.5, 0.6) is 0 Å². The quantitative estimate of drug-likeness (QED) is 0.331. The zero-order valence-electron chi connectivity index (χ0n) is 20.3. The number of anilines is 1. The highest BCUT2D eigenvalue weighted by Gasteiger charge is 2.31. The van der Waals surface area contributed by atoms with Crippen LogP contribution in [0.3, 0.4) is 0 Å². The number of aromatic nitrogens is 2. The van der Waals surface area contributed by atoms with Gasteiger partial charge in [-0.2, -0.15) is 9.78 Å². The van der Waals surface area contributed by atoms with E-state index in [1.165, 1.54) is 5.69 Å². The van der Waals surface area contributed by atoms with Crippen LogP contribution in [-0.2, 0) is 0 Å². The molecule has 172 valence electrons. The van der Waals surface area contributed by atoms with Gasteiger partial charge in [0.15, 0.2) is 11.7 Å². The van der Waals surface area contributed by atoms with Crippen molar-refractivity contribution < 1.29 is 4.42 Å². The molecule has 2 aromatic carbocycles. The third kappa shape index (κ3) is 3.65. The molecule has 0 saturated heterocycles. The van der Waals surface area contributed by atoms with E-state index < -0.39 is 0 Å². The minimum atomic E-state index is 0.726. The summed E-state index contributed by atoms with van der Waals surface area (Å²) in [7, 11) is 0. The van der Waals surface area contributed by atoms with Gasteiger partial charge in [-0.1, -0.05) is 24.3 Å². The van der Waals surface area contributed by atoms with Gasteiger partial charge in [0.1, 0.15) is 11.5 Å². The molecule has 0 fully saturated rings. The average Bonchev–Trinajstić information content (AvgIpc) is 3.53. The molecule has 0 saturated carbocycles. The highest BCUT2D eigenvalue weighted by Crippen LogP contribution is 2.38. The minimum absolute atomic E-state index is 0.726. The smallest absolute Gasteiger partial charge is 0.183 e. The molecule has 6 heteroatoms. The molecule has 5 rings (SSSR count). The van der Waals surface area contributed by atoms with Gasteiger partial charge in [0.25, 0.3) is 0 Å². The standard InChI is InChI=1S/C28H29N5O/c1-6-32(7-2)21-14-15-23(19(4)17-21)29-28-26(22-12-9-8-11-18(22)3)30-27-25(20(5)31-33(27)28)24-13-10-16-34-24/h8-17H,6-7H2,1-5H3. The van der Waals surface area contributed by atoms with Crippen molar-refractivity contribution in [2.24, 2.45) is 9.98 Å². The lowest BCUT2D eigenvalue weighted by atomic mass is 10.0. The molecule has 4 aromatic rings. The Morgan fingerprint density at radius 2 is 1.74 bits per heavy atom. The molecule has 3 heterocycles. The Kier molecular flexibility index (Phi) is 5.65. The van der Waals surface area contributed by atoms with Crippen LogP contribution in [0.2, 0.25) is 0 Å². The van der Waals surface area contributed by atoms with Crippen LogP contribution in [0.4, 0.5) is 17.2 Å². The van der Waals surface area contributed by atoms with Crippen molar-refractivity contribution in [3.63, 3.8) is 0 Å². The number of rotatable bonds is 6. The van der Waals surface area contributed by atoms with Crippen LogP contribution in [0, 0.1) is 20.8 Å². The van der Waals surface area contributed by atoms with Crippen LogP contribution in [-0.4, -0.2) is 34.4 Å². The largest absolute Gasteiger partial charge is 0.464 e. The van der Waals surface area contributed by atoms with E-state index in [4.69, 9.17) is 19.5 Å². The second-order valence-electron chi connectivity index (χ2n) is 8.53. The fraction of sp³-hybridized carbons (Fsp3) is 0.250. The van der Waals surface area contributed by atoms with Crippen LogP contribution < -0.4 is 4.90 Å². The van der Waals surface area contributed by atoms with Crippen molar-refractivity contribution in [2.75, 3.05) is 18.0 Å². The highest BCUT2D eigenvalue weighted by atomic mass is 16.3. The predicted molar refractivity (Wildman–Crippen MR) is 139 cm³/mol. The van der Waals surface area contributed by atoms with Crippen molar-refractivity contribution in [1.29, 1.82) is 0 Å². The number of aliphatic imine (C=N–C) groups is 2. The van der Waals surface area contributed by atoms with Crippen molar-refractivity contribution in [3.8, 4) is 11.3 Å². The maximum Gasteiger partial charge on any atom is 0.183 e. The summed E-state index contributed by atoms with van der Waals surface area (Å²) in [6, 6.07) is 18.5. The molecule has 6 nitrogen and oxygen atoms in total. The first-order chi connectivity index (χ1) is 16.5. The number of nitrogens with zero attached hydrogens (tertiary/aromatic N) is 5. The van der Waals surface area contributed by atoms with E-state index in [2.05, 4.69) is 62.9 Å². The molecule has 34 heavy (non-hydrogen) atoms. The Morgan fingerprint density at radius 3 is 2.41 bits per heavy atom. The molecule has 0 unspecified atom stereocenters. The molecular formula is C28H29N5O. The van der Waals surface area contributed by atoms with Crippen LogP contribution in [0.1, 0.15) is 36.2 Å². The summed E-state index contributed by atoms with van der Waals surface area (Å²) in [5.74, 6) is 2.23. The lowest BCUT2D eigenvalue weighted by molar-refractivity contribution is 0.582. The maximum absolute atomic E-state index is 5.71. The monoisotopic (exact) mass is 451 g/mol. The first-order valence-electron chi connectivity index (χ1n) is 11.7. The van der Waals surface area contributed by atoms with Crippen molar-refractivity contribution in [1.82, 2.24) is 9.78 Å². The fourth-order valence-corrected chi connectivity index (χ4v) is 4.52. The van der Waals surface area contributed by atoms with E-state index in [9.17, 15) is 0 Å². The van der Waals surface area contributed by atoms with E-state index in [0.29, 0.717) is 0 Å². The average molecular weight is 452 g/mol. The number of hydrogen-bond donors (Lipinski definition) is 0. The Morgan fingerprint density at radius 1 is 0.941 bits per heavy atom. The van der Waals surface area contributed by atoms with Crippen molar-refractivity contribution in [3.05, 3.63) is 83.2 Å². The molecule has 2 aromatic heterocycles. The molecule has 0 bridgehead atoms. The molecule has 1 aliphatic heterocycles. The Balaban J connectivity index is 1.68. The van der Waals surface area contributed by atoms with Gasteiger partial charge in [-0.05, 0) is 76.1 Å². The third-order valence-corrected chi connectivity index (χ3v) is 6.37. The first-order valence-corrected chi connectivity index (χ1v) is 11.7. The Bertz CT molecular complexity index is 1400. The summed E-state index contributed by atoms with van der Waals surface area (Å²) >= 11 is 0. The molecule has 0 amide bonds. The second kappa shape index (κ2) is 8.78. The summed E-state index contributed by atoms with van der Waals surface area (Å²) in [6.45, 7) is 12.5. The highest BCUT2D eigenvalue weighted by molar-refractivity contribution is 6.51. The number of aryl methyl sites for hydroxylation is 3. The molecule has 0 spiro atoms. The summed E-state index contributed by atoms with van der Waals surface area (Å²) in [5, 5.41) is 4.84. The van der Waals surface area contributed by atoms with Crippen LogP contribution in [0.15, 0.2) is 75.3 Å². The molecule has 1 aliphatic rings. The summed E-state index contributed by atoms with van der Waals surface area (Å²) < 4.78 is 7.56. The van der Waals surface area contributed by atoms with Gasteiger partial charge < -0.3 is 9.32 Å². The third-order valence-electron chi connectivity index (χ3n) is 6.37.